The van der Waals surface area contributed by atoms with Gasteiger partial charge in [0.1, 0.15) is 5.82 Å². The van der Waals surface area contributed by atoms with Crippen LogP contribution < -0.4 is 5.32 Å². The number of halogens is 2. The van der Waals surface area contributed by atoms with Crippen molar-refractivity contribution in [2.75, 3.05) is 5.75 Å². The summed E-state index contributed by atoms with van der Waals surface area (Å²) in [4.78, 5) is 12.2. The predicted octanol–water partition coefficient (Wildman–Crippen LogP) is 3.42. The summed E-state index contributed by atoms with van der Waals surface area (Å²) in [7, 11) is 0. The first kappa shape index (κ1) is 18.3. The summed E-state index contributed by atoms with van der Waals surface area (Å²) in [5.41, 5.74) is 1.33. The van der Waals surface area contributed by atoms with E-state index in [9.17, 15) is 9.18 Å². The van der Waals surface area contributed by atoms with Crippen LogP contribution in [0, 0.1) is 5.82 Å². The molecule has 1 aromatic heterocycles. The summed E-state index contributed by atoms with van der Waals surface area (Å²) in [5, 5.41) is 15.2. The first-order chi connectivity index (χ1) is 12.5. The van der Waals surface area contributed by atoms with E-state index >= 15 is 0 Å². The summed E-state index contributed by atoms with van der Waals surface area (Å²) in [6, 6.07) is 13.0. The van der Waals surface area contributed by atoms with Crippen LogP contribution in [-0.2, 0) is 4.79 Å². The summed E-state index contributed by atoms with van der Waals surface area (Å²) < 4.78 is 14.8. The zero-order valence-corrected chi connectivity index (χ0v) is 15.3. The molecule has 1 amide bonds. The van der Waals surface area contributed by atoms with E-state index in [0.29, 0.717) is 15.9 Å². The highest BCUT2D eigenvalue weighted by Gasteiger charge is 2.15. The largest absolute Gasteiger partial charge is 0.349 e. The Morgan fingerprint density at radius 3 is 2.88 bits per heavy atom. The van der Waals surface area contributed by atoms with Gasteiger partial charge in [-0.3, -0.25) is 4.79 Å². The van der Waals surface area contributed by atoms with Crippen molar-refractivity contribution in [3.63, 3.8) is 0 Å². The molecule has 1 N–H and O–H groups in total. The van der Waals surface area contributed by atoms with E-state index in [2.05, 4.69) is 20.8 Å². The second-order valence-electron chi connectivity index (χ2n) is 5.45. The Kier molecular flexibility index (Phi) is 5.85. The number of nitrogens with one attached hydrogen (secondary N) is 1. The van der Waals surface area contributed by atoms with Gasteiger partial charge in [0.05, 0.1) is 17.5 Å². The van der Waals surface area contributed by atoms with E-state index in [1.54, 1.807) is 18.2 Å². The van der Waals surface area contributed by atoms with Crippen molar-refractivity contribution < 1.29 is 9.18 Å². The second-order valence-corrected chi connectivity index (χ2v) is 6.80. The lowest BCUT2D eigenvalue weighted by atomic mass is 10.1. The summed E-state index contributed by atoms with van der Waals surface area (Å²) in [6.07, 6.45) is 0. The van der Waals surface area contributed by atoms with Gasteiger partial charge in [-0.25, -0.2) is 4.39 Å². The fourth-order valence-corrected chi connectivity index (χ4v) is 3.36. The Balaban J connectivity index is 1.62. The molecule has 0 saturated heterocycles. The molecule has 0 bridgehead atoms. The molecule has 0 saturated carbocycles. The first-order valence-corrected chi connectivity index (χ1v) is 9.12. The van der Waals surface area contributed by atoms with Gasteiger partial charge in [0, 0.05) is 5.02 Å². The maximum Gasteiger partial charge on any atom is 0.230 e. The molecule has 0 unspecified atom stereocenters. The van der Waals surface area contributed by atoms with E-state index in [1.165, 1.54) is 16.8 Å². The minimum atomic E-state index is -0.389. The summed E-state index contributed by atoms with van der Waals surface area (Å²) >= 11 is 7.31. The first-order valence-electron chi connectivity index (χ1n) is 7.75. The highest BCUT2D eigenvalue weighted by Crippen LogP contribution is 2.23. The minimum Gasteiger partial charge on any atom is -0.349 e. The topological polar surface area (TPSA) is 72.7 Å². The molecule has 2 aromatic carbocycles. The van der Waals surface area contributed by atoms with Crippen LogP contribution in [0.15, 0.2) is 53.7 Å². The minimum absolute atomic E-state index is 0.116. The standard InChI is InChI=1S/C17H15ClFN5OS/c1-11(14-7-2-3-8-15(14)18)20-16(25)10-26-17-21-22-23-24(17)13-6-4-5-12(19)9-13/h2-9,11H,10H2,1H3,(H,20,25)/t11-/m1/s1. The number of rotatable bonds is 6. The molecule has 3 aromatic rings. The number of carbonyl (C=O) groups excluding carboxylic acids is 1. The number of hydrogen-bond acceptors (Lipinski definition) is 5. The number of hydrogen-bond donors (Lipinski definition) is 1. The van der Waals surface area contributed by atoms with Crippen molar-refractivity contribution in [3.8, 4) is 5.69 Å². The average Bonchev–Trinajstić information content (AvgIpc) is 3.09. The molecule has 1 heterocycles. The van der Waals surface area contributed by atoms with Gasteiger partial charge >= 0.3 is 0 Å². The van der Waals surface area contributed by atoms with Crippen LogP contribution in [0.4, 0.5) is 4.39 Å². The van der Waals surface area contributed by atoms with E-state index < -0.39 is 0 Å². The fraction of sp³-hybridized carbons (Fsp3) is 0.176. The van der Waals surface area contributed by atoms with Gasteiger partial charge in [0.15, 0.2) is 0 Å². The third kappa shape index (κ3) is 4.39. The van der Waals surface area contributed by atoms with Crippen LogP contribution >= 0.6 is 23.4 Å². The maximum absolute atomic E-state index is 13.4. The van der Waals surface area contributed by atoms with Crippen molar-refractivity contribution in [2.45, 2.75) is 18.1 Å². The monoisotopic (exact) mass is 391 g/mol. The van der Waals surface area contributed by atoms with Crippen LogP contribution in [0.1, 0.15) is 18.5 Å². The van der Waals surface area contributed by atoms with Gasteiger partial charge in [-0.2, -0.15) is 4.68 Å². The molecular formula is C17H15ClFN5OS. The van der Waals surface area contributed by atoms with Crippen LogP contribution in [0.5, 0.6) is 0 Å². The number of nitrogens with zero attached hydrogens (tertiary/aromatic N) is 4. The number of tetrazole rings is 1. The van der Waals surface area contributed by atoms with Crippen LogP contribution in [0.2, 0.25) is 5.02 Å². The van der Waals surface area contributed by atoms with E-state index in [0.717, 1.165) is 17.3 Å². The third-order valence-electron chi connectivity index (χ3n) is 3.58. The van der Waals surface area contributed by atoms with Gasteiger partial charge in [0.2, 0.25) is 11.1 Å². The molecule has 134 valence electrons. The Bertz CT molecular complexity index is 919. The Morgan fingerprint density at radius 1 is 1.31 bits per heavy atom. The Labute approximate surface area is 158 Å². The molecule has 0 aliphatic rings. The van der Waals surface area contributed by atoms with E-state index in [1.807, 2.05) is 25.1 Å². The number of amides is 1. The lowest BCUT2D eigenvalue weighted by Crippen LogP contribution is -2.28. The Hall–Kier alpha value is -2.45. The van der Waals surface area contributed by atoms with Gasteiger partial charge in [-0.15, -0.1) is 5.10 Å². The molecule has 0 aliphatic heterocycles. The normalized spacial score (nSPS) is 12.0. The maximum atomic E-state index is 13.4. The Morgan fingerprint density at radius 2 is 2.12 bits per heavy atom. The molecule has 1 atom stereocenters. The smallest absolute Gasteiger partial charge is 0.230 e. The van der Waals surface area contributed by atoms with Crippen molar-refractivity contribution in [1.82, 2.24) is 25.5 Å². The molecular weight excluding hydrogens is 377 g/mol. The number of aromatic nitrogens is 4. The highest BCUT2D eigenvalue weighted by atomic mass is 35.5. The zero-order valence-electron chi connectivity index (χ0n) is 13.8. The van der Waals surface area contributed by atoms with Crippen LogP contribution in [-0.4, -0.2) is 31.9 Å². The second kappa shape index (κ2) is 8.29. The fourth-order valence-electron chi connectivity index (χ4n) is 2.36. The summed E-state index contributed by atoms with van der Waals surface area (Å²) in [5.74, 6) is -0.457. The van der Waals surface area contributed by atoms with Crippen molar-refractivity contribution in [1.29, 1.82) is 0 Å². The molecule has 9 heteroatoms. The summed E-state index contributed by atoms with van der Waals surface area (Å²) in [6.45, 7) is 1.86. The third-order valence-corrected chi connectivity index (χ3v) is 4.84. The highest BCUT2D eigenvalue weighted by molar-refractivity contribution is 7.99. The molecule has 26 heavy (non-hydrogen) atoms. The molecule has 6 nitrogen and oxygen atoms in total. The zero-order chi connectivity index (χ0) is 18.5. The number of carbonyl (C=O) groups is 1. The van der Waals surface area contributed by atoms with Crippen molar-refractivity contribution >= 4 is 29.3 Å². The lowest BCUT2D eigenvalue weighted by Gasteiger charge is -2.15. The quantitative estimate of drug-likeness (QED) is 0.652. The number of benzene rings is 2. The van der Waals surface area contributed by atoms with Crippen LogP contribution in [0.3, 0.4) is 0 Å². The van der Waals surface area contributed by atoms with Crippen molar-refractivity contribution in [3.05, 3.63) is 64.9 Å². The average molecular weight is 392 g/mol. The van der Waals surface area contributed by atoms with Gasteiger partial charge in [-0.05, 0) is 47.2 Å². The predicted molar refractivity (Wildman–Crippen MR) is 97.8 cm³/mol. The molecule has 0 radical (unpaired) electrons. The molecule has 0 aliphatic carbocycles. The van der Waals surface area contributed by atoms with Crippen LogP contribution in [0.25, 0.3) is 5.69 Å². The lowest BCUT2D eigenvalue weighted by molar-refractivity contribution is -0.119. The van der Waals surface area contributed by atoms with Gasteiger partial charge in [-0.1, -0.05) is 47.6 Å². The molecule has 0 fully saturated rings. The SMILES string of the molecule is C[C@@H](NC(=O)CSc1nnnn1-c1cccc(F)c1)c1ccccc1Cl. The molecule has 0 spiro atoms. The molecule has 3 rings (SSSR count). The van der Waals surface area contributed by atoms with E-state index in [-0.39, 0.29) is 23.5 Å². The van der Waals surface area contributed by atoms with Gasteiger partial charge in [0.25, 0.3) is 0 Å². The van der Waals surface area contributed by atoms with Crippen molar-refractivity contribution in [2.24, 2.45) is 0 Å². The van der Waals surface area contributed by atoms with E-state index in [4.69, 9.17) is 11.6 Å². The number of thioether (sulfide) groups is 1. The van der Waals surface area contributed by atoms with Gasteiger partial charge < -0.3 is 5.32 Å².